The Kier molecular flexibility index (Phi) is 22.1. The molecule has 0 atom stereocenters. The van der Waals surface area contributed by atoms with Gasteiger partial charge in [0.25, 0.3) is 0 Å². The number of unbranched alkanes of at least 4 members (excludes halogenated alkanes) is 9. The zero-order valence-corrected chi connectivity index (χ0v) is 40.1. The summed E-state index contributed by atoms with van der Waals surface area (Å²) in [6.45, 7) is 5.65. The summed E-state index contributed by atoms with van der Waals surface area (Å²) in [7, 11) is 0. The maximum atomic E-state index is 3.90. The van der Waals surface area contributed by atoms with E-state index in [4.69, 9.17) is 0 Å². The molecule has 4 rings (SSSR count). The van der Waals surface area contributed by atoms with Crippen LogP contribution in [0.1, 0.15) is 99.4 Å². The molecule has 0 saturated heterocycles. The lowest BCUT2D eigenvalue weighted by molar-refractivity contribution is 0.556. The van der Waals surface area contributed by atoms with Gasteiger partial charge < -0.3 is 0 Å². The molecule has 4 heterocycles. The summed E-state index contributed by atoms with van der Waals surface area (Å²) in [5, 5.41) is 0. The van der Waals surface area contributed by atoms with Gasteiger partial charge >= 0.3 is 0 Å². The van der Waals surface area contributed by atoms with Crippen LogP contribution in [0.15, 0.2) is 112 Å². The molecule has 282 valence electrons. The molecule has 0 aliphatic carbocycles. The van der Waals surface area contributed by atoms with Crippen LogP contribution in [0, 0.1) is 0 Å². The molecular weight excluding hydrogens is 1090 g/mol. The maximum absolute atomic E-state index is 3.90. The number of hydrogen-bond acceptors (Lipinski definition) is 4. The Morgan fingerprint density at radius 2 is 1.06 bits per heavy atom. The average molecular weight is 1140 g/mol. The van der Waals surface area contributed by atoms with Crippen molar-refractivity contribution in [3.63, 3.8) is 0 Å². The van der Waals surface area contributed by atoms with Gasteiger partial charge in [-0.25, -0.2) is 0 Å². The third-order valence-electron chi connectivity index (χ3n) is 6.92. The lowest BCUT2D eigenvalue weighted by Gasteiger charge is -2.04. The molecule has 4 aromatic rings. The minimum absolute atomic E-state index is 0. The highest BCUT2D eigenvalue weighted by molar-refractivity contribution is 9.12. The standard InChI is InChI=1S/C32H28Br4S2.C8H4Br2S2.12H2/c1-3-5-7-9-11-13-15-17-19-21-23-25-27(33)29(37-31(25)35)30-28(34)26(32(36)38-30)24-22-20-18-16-14-12-10-8-6-4-2;9-7-3-1-5(11-7)6-2-4-8(10)12-6;;;;;;;;;;;;/h23H,1,4,6,8,10,12,14,16,18,20,22,24H2,2H3;1-4H;12*1H. The van der Waals surface area contributed by atoms with Crippen LogP contribution in [0.5, 0.6) is 0 Å². The molecule has 0 aromatic carbocycles. The highest BCUT2D eigenvalue weighted by atomic mass is 79.9. The van der Waals surface area contributed by atoms with Crippen LogP contribution < -0.4 is 0 Å². The van der Waals surface area contributed by atoms with Gasteiger partial charge in [-0.05, 0) is 197 Å². The molecule has 0 saturated carbocycles. The summed E-state index contributed by atoms with van der Waals surface area (Å²) in [5.74, 6) is 0. The van der Waals surface area contributed by atoms with Crippen molar-refractivity contribution in [1.29, 1.82) is 0 Å². The van der Waals surface area contributed by atoms with Crippen LogP contribution in [-0.4, -0.2) is 0 Å². The Morgan fingerprint density at radius 1 is 0.580 bits per heavy atom. The molecule has 4 aromatic heterocycles. The van der Waals surface area contributed by atoms with Crippen LogP contribution in [0.3, 0.4) is 0 Å². The van der Waals surface area contributed by atoms with E-state index in [-0.39, 0.29) is 17.1 Å². The first-order valence-electron chi connectivity index (χ1n) is 15.8. The lowest BCUT2D eigenvalue weighted by Crippen LogP contribution is -1.87. The van der Waals surface area contributed by atoms with E-state index in [2.05, 4.69) is 191 Å². The number of thiophene rings is 4. The van der Waals surface area contributed by atoms with E-state index in [1.165, 1.54) is 105 Å². The van der Waals surface area contributed by atoms with Gasteiger partial charge in [-0.2, -0.15) is 0 Å². The van der Waals surface area contributed by atoms with Crippen molar-refractivity contribution in [3.8, 4) is 19.5 Å². The summed E-state index contributed by atoms with van der Waals surface area (Å²) in [6, 6.07) is 8.42. The Hall–Kier alpha value is -0.780. The van der Waals surface area contributed by atoms with E-state index >= 15 is 0 Å². The molecule has 0 nitrogen and oxygen atoms in total. The van der Waals surface area contributed by atoms with Crippen LogP contribution in [0.4, 0.5) is 0 Å². The molecule has 0 aliphatic heterocycles. The van der Waals surface area contributed by atoms with Gasteiger partial charge in [-0.1, -0.05) is 76.2 Å². The summed E-state index contributed by atoms with van der Waals surface area (Å²) in [4.78, 5) is 5.04. The van der Waals surface area contributed by atoms with E-state index in [1.54, 1.807) is 45.3 Å². The third kappa shape index (κ3) is 15.3. The Labute approximate surface area is 380 Å². The van der Waals surface area contributed by atoms with E-state index < -0.39 is 0 Å². The molecule has 10 heteroatoms. The molecule has 0 amide bonds. The van der Waals surface area contributed by atoms with E-state index in [9.17, 15) is 0 Å². The highest BCUT2D eigenvalue weighted by Crippen LogP contribution is 2.51. The predicted molar refractivity (Wildman–Crippen MR) is 268 cm³/mol. The van der Waals surface area contributed by atoms with Crippen molar-refractivity contribution in [2.45, 2.75) is 77.6 Å². The van der Waals surface area contributed by atoms with Gasteiger partial charge in [0.1, 0.15) is 0 Å². The minimum Gasteiger partial charge on any atom is -0.127 e. The third-order valence-corrected chi connectivity index (χ3v) is 16.6. The van der Waals surface area contributed by atoms with Crippen molar-refractivity contribution in [1.82, 2.24) is 0 Å². The maximum Gasteiger partial charge on any atom is 0.0795 e. The van der Waals surface area contributed by atoms with E-state index in [1.807, 2.05) is 6.08 Å². The Morgan fingerprint density at radius 3 is 1.58 bits per heavy atom. The van der Waals surface area contributed by atoms with Crippen LogP contribution in [0.25, 0.3) is 25.6 Å². The second-order valence-corrected chi connectivity index (χ2v) is 21.7. The molecule has 0 unspecified atom stereocenters. The molecule has 50 heavy (non-hydrogen) atoms. The lowest BCUT2D eigenvalue weighted by atomic mass is 10.0. The molecule has 0 bridgehead atoms. The van der Waals surface area contributed by atoms with E-state index in [0.29, 0.717) is 0 Å². The van der Waals surface area contributed by atoms with Crippen LogP contribution in [-0.2, 0) is 6.42 Å². The quantitative estimate of drug-likeness (QED) is 0.0872. The number of halogens is 6. The summed E-state index contributed by atoms with van der Waals surface area (Å²) in [6.07, 6.45) is 16.4. The van der Waals surface area contributed by atoms with E-state index in [0.717, 1.165) is 20.2 Å². The van der Waals surface area contributed by atoms with Crippen molar-refractivity contribution >= 4 is 147 Å². The Balaban J connectivity index is -0.000000123. The topological polar surface area (TPSA) is 0 Å². The zero-order chi connectivity index (χ0) is 36.1. The van der Waals surface area contributed by atoms with Crippen LogP contribution >= 0.6 is 141 Å². The largest absolute Gasteiger partial charge is 0.127 e. The normalized spacial score (nSPS) is 9.66. The average Bonchev–Trinajstić information content (AvgIpc) is 3.86. The fourth-order valence-corrected chi connectivity index (χ4v) is 13.7. The monoisotopic (exact) mass is 1140 g/mol. The van der Waals surface area contributed by atoms with Crippen molar-refractivity contribution in [3.05, 3.63) is 123 Å². The van der Waals surface area contributed by atoms with Gasteiger partial charge in [0, 0.05) is 41.4 Å². The van der Waals surface area contributed by atoms with Gasteiger partial charge in [0.05, 0.1) is 24.9 Å². The second-order valence-electron chi connectivity index (χ2n) is 10.5. The molecule has 0 N–H and O–H groups in total. The molecule has 0 fully saturated rings. The fourth-order valence-electron chi connectivity index (χ4n) is 4.50. The summed E-state index contributed by atoms with van der Waals surface area (Å²) < 4.78 is 6.81. The molecule has 0 radical (unpaired) electrons. The molecule has 0 spiro atoms. The first-order valence-corrected chi connectivity index (χ1v) is 23.9. The molecule has 0 aliphatic rings. The van der Waals surface area contributed by atoms with Crippen LogP contribution in [0.2, 0.25) is 0 Å². The fraction of sp³-hybridized carbons (Fsp3) is 0.300. The highest BCUT2D eigenvalue weighted by Gasteiger charge is 2.22. The predicted octanol–water partition coefficient (Wildman–Crippen LogP) is 21.1. The van der Waals surface area contributed by atoms with Gasteiger partial charge in [0.2, 0.25) is 0 Å². The van der Waals surface area contributed by atoms with Gasteiger partial charge in [-0.3, -0.25) is 0 Å². The summed E-state index contributed by atoms with van der Waals surface area (Å²) in [5.41, 5.74) is 28.9. The molecular formula is C40H56Br6S4. The second kappa shape index (κ2) is 25.3. The van der Waals surface area contributed by atoms with Gasteiger partial charge in [-0.15, -0.1) is 45.3 Å². The SMILES string of the molecule is Brc1ccc(-c2ccc(Br)s2)s1.C=C=C=C=C=C=C=C=C=C=C=Cc1c(Br)sc(-c2sc(Br)c(CCCCCCCCCCCC)c2Br)c1Br.[HH].[HH].[HH].[HH].[HH].[HH].[HH].[HH].[HH].[HH].[HH].[HH]. The zero-order valence-electron chi connectivity index (χ0n) is 27.3. The first-order chi connectivity index (χ1) is 24.3. The van der Waals surface area contributed by atoms with Crippen molar-refractivity contribution < 1.29 is 17.1 Å². The van der Waals surface area contributed by atoms with Gasteiger partial charge in [0.15, 0.2) is 0 Å². The van der Waals surface area contributed by atoms with Crippen molar-refractivity contribution in [2.75, 3.05) is 0 Å². The Bertz CT molecular complexity index is 2120. The number of hydrogen-bond donors (Lipinski definition) is 0. The summed E-state index contributed by atoms with van der Waals surface area (Å²) >= 11 is 29.1. The smallest absolute Gasteiger partial charge is 0.0795 e. The van der Waals surface area contributed by atoms with Crippen molar-refractivity contribution in [2.24, 2.45) is 0 Å². The number of rotatable bonds is 14. The minimum atomic E-state index is 0. The first kappa shape index (κ1) is 43.6.